The van der Waals surface area contributed by atoms with E-state index in [4.69, 9.17) is 4.74 Å². The summed E-state index contributed by atoms with van der Waals surface area (Å²) in [6, 6.07) is 5.27. The lowest BCUT2D eigenvalue weighted by atomic mass is 9.86. The van der Waals surface area contributed by atoms with Crippen molar-refractivity contribution < 1.29 is 19.7 Å². The molecule has 0 bridgehead atoms. The van der Waals surface area contributed by atoms with Crippen LogP contribution >= 0.6 is 0 Å². The summed E-state index contributed by atoms with van der Waals surface area (Å²) in [4.78, 5) is 19.4. The van der Waals surface area contributed by atoms with Crippen LogP contribution in [0.1, 0.15) is 77.2 Å². The van der Waals surface area contributed by atoms with Gasteiger partial charge < -0.3 is 19.8 Å². The number of carbonyl (C=O) groups excluding carboxylic acids is 1. The molecule has 2 aliphatic rings. The zero-order valence-electron chi connectivity index (χ0n) is 20.7. The summed E-state index contributed by atoms with van der Waals surface area (Å²) >= 11 is 0. The van der Waals surface area contributed by atoms with E-state index >= 15 is 0 Å². The summed E-state index contributed by atoms with van der Waals surface area (Å²) < 4.78 is 5.87. The molecule has 186 valence electrons. The number of rotatable bonds is 16. The fourth-order valence-electron chi connectivity index (χ4n) is 4.57. The van der Waals surface area contributed by atoms with Gasteiger partial charge >= 0.3 is 0 Å². The van der Waals surface area contributed by atoms with Crippen LogP contribution < -0.4 is 4.74 Å². The van der Waals surface area contributed by atoms with Gasteiger partial charge in [0.05, 0.1) is 18.4 Å². The third-order valence-corrected chi connectivity index (χ3v) is 6.66. The number of hydrogen-bond donors (Lipinski definition) is 2. The first-order valence-electron chi connectivity index (χ1n) is 12.9. The quantitative estimate of drug-likeness (QED) is 0.312. The van der Waals surface area contributed by atoms with Gasteiger partial charge in [0.2, 0.25) is 0 Å². The Bertz CT molecular complexity index is 906. The molecule has 0 aliphatic carbocycles. The van der Waals surface area contributed by atoms with Gasteiger partial charge in [-0.3, -0.25) is 9.79 Å². The average Bonchev–Trinajstić information content (AvgIpc) is 3.42. The molecule has 0 saturated heterocycles. The molecule has 0 amide bonds. The zero-order valence-corrected chi connectivity index (χ0v) is 20.7. The number of phenolic OH excluding ortho intramolecular Hbond substituents is 1. The van der Waals surface area contributed by atoms with Crippen LogP contribution in [0.5, 0.6) is 11.5 Å². The highest BCUT2D eigenvalue weighted by Gasteiger charge is 2.26. The van der Waals surface area contributed by atoms with Crippen LogP contribution in [-0.4, -0.2) is 46.0 Å². The Balaban J connectivity index is 1.53. The summed E-state index contributed by atoms with van der Waals surface area (Å²) in [6.45, 7) is 5.30. The number of allylic oxidation sites excluding steroid dienone is 1. The molecule has 2 atom stereocenters. The minimum absolute atomic E-state index is 0.0862. The minimum Gasteiger partial charge on any atom is -0.504 e. The van der Waals surface area contributed by atoms with Crippen molar-refractivity contribution in [3.63, 3.8) is 0 Å². The minimum atomic E-state index is -0.553. The Labute approximate surface area is 204 Å². The fourth-order valence-corrected chi connectivity index (χ4v) is 4.57. The lowest BCUT2D eigenvalue weighted by molar-refractivity contribution is -0.126. The number of hydrogen-bond acceptors (Lipinski definition) is 6. The van der Waals surface area contributed by atoms with Crippen molar-refractivity contribution in [3.05, 3.63) is 47.8 Å². The van der Waals surface area contributed by atoms with E-state index in [1.807, 2.05) is 29.3 Å². The number of aliphatic hydroxyl groups is 1. The number of benzene rings is 1. The predicted octanol–water partition coefficient (Wildman–Crippen LogP) is 5.54. The molecular weight excluding hydrogens is 428 g/mol. The second-order valence-electron chi connectivity index (χ2n) is 9.43. The topological polar surface area (TPSA) is 82.4 Å². The maximum Gasteiger partial charge on any atom is 0.163 e. The number of Topliss-reactive ketones (excluding diaryl/α,β-unsaturated/α-hetero) is 1. The highest BCUT2D eigenvalue weighted by molar-refractivity contribution is 6.07. The smallest absolute Gasteiger partial charge is 0.163 e. The molecule has 2 heterocycles. The van der Waals surface area contributed by atoms with Crippen LogP contribution in [0, 0.1) is 5.92 Å². The Kier molecular flexibility index (Phi) is 10.2. The number of aromatic hydroxyl groups is 1. The Morgan fingerprint density at radius 3 is 2.65 bits per heavy atom. The van der Waals surface area contributed by atoms with Crippen molar-refractivity contribution in [1.82, 2.24) is 4.90 Å². The number of phenols is 1. The van der Waals surface area contributed by atoms with Crippen LogP contribution in [0.3, 0.4) is 0 Å². The molecule has 0 saturated carbocycles. The lowest BCUT2D eigenvalue weighted by Crippen LogP contribution is -2.28. The van der Waals surface area contributed by atoms with Gasteiger partial charge in [0.1, 0.15) is 5.78 Å². The maximum absolute atomic E-state index is 13.1. The molecule has 1 aromatic carbocycles. The number of fused-ring (bicyclic) bond motifs is 1. The van der Waals surface area contributed by atoms with Crippen molar-refractivity contribution in [2.45, 2.75) is 84.2 Å². The summed E-state index contributed by atoms with van der Waals surface area (Å²) in [6.07, 6.45) is 13.9. The van der Waals surface area contributed by atoms with Crippen molar-refractivity contribution >= 4 is 11.5 Å². The largest absolute Gasteiger partial charge is 0.504 e. The lowest BCUT2D eigenvalue weighted by Gasteiger charge is -2.22. The summed E-state index contributed by atoms with van der Waals surface area (Å²) in [5.41, 5.74) is 3.08. The van der Waals surface area contributed by atoms with Crippen molar-refractivity contribution in [2.75, 3.05) is 13.3 Å². The van der Waals surface area contributed by atoms with E-state index in [2.05, 4.69) is 18.8 Å². The summed E-state index contributed by atoms with van der Waals surface area (Å²) in [7, 11) is 0. The molecule has 1 aromatic rings. The molecule has 6 heteroatoms. The van der Waals surface area contributed by atoms with E-state index in [1.54, 1.807) is 12.3 Å². The number of aliphatic imine (C=N–C) groups is 1. The molecule has 2 aliphatic heterocycles. The third-order valence-electron chi connectivity index (χ3n) is 6.66. The van der Waals surface area contributed by atoms with Crippen LogP contribution in [0.15, 0.2) is 47.2 Å². The van der Waals surface area contributed by atoms with E-state index < -0.39 is 6.10 Å². The number of aliphatic hydroxyl groups excluding tert-OH is 1. The van der Waals surface area contributed by atoms with Gasteiger partial charge in [-0.15, -0.1) is 0 Å². The van der Waals surface area contributed by atoms with Gasteiger partial charge in [0, 0.05) is 30.3 Å². The van der Waals surface area contributed by atoms with Gasteiger partial charge in [0.25, 0.3) is 0 Å². The fraction of sp³-hybridized carbons (Fsp3) is 0.571. The molecule has 6 nitrogen and oxygen atoms in total. The Hall–Kier alpha value is -2.60. The predicted molar refractivity (Wildman–Crippen MR) is 136 cm³/mol. The Morgan fingerprint density at radius 2 is 1.91 bits per heavy atom. The van der Waals surface area contributed by atoms with E-state index in [9.17, 15) is 15.0 Å². The number of aryl methyl sites for hydroxylation is 1. The van der Waals surface area contributed by atoms with Crippen molar-refractivity contribution in [2.24, 2.45) is 10.9 Å². The van der Waals surface area contributed by atoms with Gasteiger partial charge in [-0.1, -0.05) is 58.4 Å². The highest BCUT2D eigenvalue weighted by atomic mass is 16.5. The van der Waals surface area contributed by atoms with Crippen LogP contribution in [-0.2, 0) is 11.2 Å². The van der Waals surface area contributed by atoms with Crippen molar-refractivity contribution in [1.29, 1.82) is 0 Å². The Morgan fingerprint density at radius 1 is 1.15 bits per heavy atom. The van der Waals surface area contributed by atoms with E-state index in [0.717, 1.165) is 61.8 Å². The van der Waals surface area contributed by atoms with E-state index in [1.165, 1.54) is 0 Å². The summed E-state index contributed by atoms with van der Waals surface area (Å²) in [5.74, 6) is 0.357. The molecule has 34 heavy (non-hydrogen) atoms. The molecule has 2 N–H and O–H groups in total. The number of ketones is 1. The molecule has 0 fully saturated rings. The van der Waals surface area contributed by atoms with E-state index in [0.29, 0.717) is 38.3 Å². The SMILES string of the molecule is CCCCC[C@@H](O)[C@@H](CCCCC)C(=O)CCc1ccc(O)c(OCN2C=C3C=CN=C3C2)c1. The van der Waals surface area contributed by atoms with Gasteiger partial charge in [-0.05, 0) is 43.0 Å². The summed E-state index contributed by atoms with van der Waals surface area (Å²) in [5, 5.41) is 21.0. The molecular formula is C28H40N2O4. The number of unbranched alkanes of at least 4 members (excludes halogenated alkanes) is 4. The number of carbonyl (C=O) groups is 1. The van der Waals surface area contributed by atoms with Gasteiger partial charge in [-0.2, -0.15) is 0 Å². The first-order valence-corrected chi connectivity index (χ1v) is 12.9. The molecule has 3 rings (SSSR count). The van der Waals surface area contributed by atoms with Crippen LogP contribution in [0.2, 0.25) is 0 Å². The second-order valence-corrected chi connectivity index (χ2v) is 9.43. The normalized spacial score (nSPS) is 16.3. The number of nitrogens with zero attached hydrogens (tertiary/aromatic N) is 2. The highest BCUT2D eigenvalue weighted by Crippen LogP contribution is 2.29. The first kappa shape index (κ1) is 26.0. The van der Waals surface area contributed by atoms with E-state index in [-0.39, 0.29) is 17.5 Å². The first-order chi connectivity index (χ1) is 16.5. The van der Waals surface area contributed by atoms with Gasteiger partial charge in [0.15, 0.2) is 18.2 Å². The monoisotopic (exact) mass is 468 g/mol. The number of ether oxygens (including phenoxy) is 1. The van der Waals surface area contributed by atoms with Crippen molar-refractivity contribution in [3.8, 4) is 11.5 Å². The molecule has 0 unspecified atom stereocenters. The second kappa shape index (κ2) is 13.3. The van der Waals surface area contributed by atoms with Crippen LogP contribution in [0.4, 0.5) is 0 Å². The third kappa shape index (κ3) is 7.45. The molecule has 0 aromatic heterocycles. The van der Waals surface area contributed by atoms with Crippen LogP contribution in [0.25, 0.3) is 0 Å². The zero-order chi connectivity index (χ0) is 24.3. The maximum atomic E-state index is 13.1. The molecule has 0 radical (unpaired) electrons. The van der Waals surface area contributed by atoms with Gasteiger partial charge in [-0.25, -0.2) is 0 Å². The molecule has 0 spiro atoms. The average molecular weight is 469 g/mol. The standard InChI is InChI=1S/C28H40N2O4/c1-3-5-7-9-23(25(31)10-8-6-4-2)26(32)13-11-21-12-14-27(33)28(17-21)34-20-30-18-22-15-16-29-24(22)19-30/h12,14-18,23,25,31,33H,3-11,13,19-20H2,1-2H3/t23-,25-/m1/s1.